The summed E-state index contributed by atoms with van der Waals surface area (Å²) in [5, 5.41) is 7.37. The van der Waals surface area contributed by atoms with E-state index < -0.39 is 0 Å². The van der Waals surface area contributed by atoms with E-state index in [0.29, 0.717) is 17.5 Å². The molecule has 0 bridgehead atoms. The molecule has 0 radical (unpaired) electrons. The van der Waals surface area contributed by atoms with E-state index in [4.69, 9.17) is 4.42 Å². The monoisotopic (exact) mass is 337 g/mol. The summed E-state index contributed by atoms with van der Waals surface area (Å²) in [6.45, 7) is 6.15. The van der Waals surface area contributed by atoms with E-state index in [1.54, 1.807) is 42.9 Å². The van der Waals surface area contributed by atoms with Gasteiger partial charge in [0.25, 0.3) is 5.95 Å². The lowest BCUT2D eigenvalue weighted by molar-refractivity contribution is -0.111. The topological polar surface area (TPSA) is 85.8 Å². The summed E-state index contributed by atoms with van der Waals surface area (Å²) in [4.78, 5) is 20.6. The van der Waals surface area contributed by atoms with Crippen LogP contribution in [0.1, 0.15) is 32.2 Å². The van der Waals surface area contributed by atoms with Gasteiger partial charge >= 0.3 is 0 Å². The molecule has 0 unspecified atom stereocenters. The Morgan fingerprint density at radius 2 is 2.00 bits per heavy atom. The quantitative estimate of drug-likeness (QED) is 0.739. The first kappa shape index (κ1) is 16.6. The van der Waals surface area contributed by atoms with Crippen molar-refractivity contribution in [2.45, 2.75) is 26.2 Å². The molecule has 3 aromatic rings. The number of nitrogens with zero attached hydrogens (tertiary/aromatic N) is 4. The fourth-order valence-electron chi connectivity index (χ4n) is 2.10. The lowest BCUT2D eigenvalue weighted by atomic mass is 9.92. The van der Waals surface area contributed by atoms with Crippen molar-refractivity contribution in [2.75, 3.05) is 5.32 Å². The maximum Gasteiger partial charge on any atom is 0.252 e. The maximum atomic E-state index is 12.2. The molecular weight excluding hydrogens is 318 g/mol. The Morgan fingerprint density at radius 1 is 1.24 bits per heavy atom. The summed E-state index contributed by atoms with van der Waals surface area (Å²) in [6.07, 6.45) is 7.81. The van der Waals surface area contributed by atoms with E-state index >= 15 is 0 Å². The number of hydrogen-bond donors (Lipinski definition) is 1. The van der Waals surface area contributed by atoms with Gasteiger partial charge in [-0.05, 0) is 24.3 Å². The van der Waals surface area contributed by atoms with Gasteiger partial charge in [0.2, 0.25) is 5.91 Å². The number of amides is 1. The number of carbonyl (C=O) groups excluding carboxylic acids is 1. The standard InChI is InChI=1S/C18H19N5O2/c1-18(2,3)14-12-15(23(22-14)17-19-9-5-10-20-17)21-16(24)8-7-13-6-4-11-25-13/h4-12H,1-3H3,(H,21,24). The Balaban J connectivity index is 1.89. The van der Waals surface area contributed by atoms with Gasteiger partial charge in [0.15, 0.2) is 0 Å². The Kier molecular flexibility index (Phi) is 4.47. The first-order chi connectivity index (χ1) is 11.9. The maximum absolute atomic E-state index is 12.2. The number of nitrogens with one attached hydrogen (secondary N) is 1. The highest BCUT2D eigenvalue weighted by Crippen LogP contribution is 2.25. The van der Waals surface area contributed by atoms with E-state index in [1.807, 2.05) is 26.8 Å². The third kappa shape index (κ3) is 4.00. The molecule has 0 aliphatic rings. The summed E-state index contributed by atoms with van der Waals surface area (Å²) in [5.41, 5.74) is 0.647. The van der Waals surface area contributed by atoms with Crippen LogP contribution < -0.4 is 5.32 Å². The molecule has 0 aliphatic heterocycles. The minimum absolute atomic E-state index is 0.177. The van der Waals surface area contributed by atoms with Gasteiger partial charge in [-0.2, -0.15) is 9.78 Å². The second-order valence-electron chi connectivity index (χ2n) is 6.46. The molecule has 25 heavy (non-hydrogen) atoms. The van der Waals surface area contributed by atoms with Gasteiger partial charge in [-0.1, -0.05) is 20.8 Å². The Morgan fingerprint density at radius 3 is 2.64 bits per heavy atom. The van der Waals surface area contributed by atoms with Crippen LogP contribution in [0.2, 0.25) is 0 Å². The van der Waals surface area contributed by atoms with Gasteiger partial charge in [-0.15, -0.1) is 0 Å². The molecule has 3 rings (SSSR count). The number of hydrogen-bond acceptors (Lipinski definition) is 5. The molecule has 0 aliphatic carbocycles. The zero-order valence-electron chi connectivity index (χ0n) is 14.3. The average molecular weight is 337 g/mol. The summed E-state index contributed by atoms with van der Waals surface area (Å²) in [5.74, 6) is 1.20. The van der Waals surface area contributed by atoms with Gasteiger partial charge in [-0.3, -0.25) is 4.79 Å². The van der Waals surface area contributed by atoms with Crippen LogP contribution in [0.15, 0.2) is 53.4 Å². The predicted molar refractivity (Wildman–Crippen MR) is 94.2 cm³/mol. The number of carbonyl (C=O) groups is 1. The van der Waals surface area contributed by atoms with Crippen LogP contribution in [-0.4, -0.2) is 25.7 Å². The van der Waals surface area contributed by atoms with Crippen LogP contribution in [0.4, 0.5) is 5.82 Å². The van der Waals surface area contributed by atoms with E-state index in [-0.39, 0.29) is 11.3 Å². The zero-order valence-corrected chi connectivity index (χ0v) is 14.3. The van der Waals surface area contributed by atoms with Crippen LogP contribution in [0, 0.1) is 0 Å². The molecule has 1 N–H and O–H groups in total. The SMILES string of the molecule is CC(C)(C)c1cc(NC(=O)C=Cc2ccco2)n(-c2ncccn2)n1. The van der Waals surface area contributed by atoms with Crippen molar-refractivity contribution < 1.29 is 9.21 Å². The van der Waals surface area contributed by atoms with E-state index in [9.17, 15) is 4.79 Å². The Bertz CT molecular complexity index is 874. The molecule has 7 nitrogen and oxygen atoms in total. The van der Waals surface area contributed by atoms with Gasteiger partial charge < -0.3 is 9.73 Å². The Labute approximate surface area is 145 Å². The summed E-state index contributed by atoms with van der Waals surface area (Å²) in [6, 6.07) is 7.08. The first-order valence-electron chi connectivity index (χ1n) is 7.84. The first-order valence-corrected chi connectivity index (χ1v) is 7.84. The normalized spacial score (nSPS) is 11.8. The fourth-order valence-corrected chi connectivity index (χ4v) is 2.10. The van der Waals surface area contributed by atoms with E-state index in [1.165, 1.54) is 10.8 Å². The number of anilines is 1. The van der Waals surface area contributed by atoms with Crippen molar-refractivity contribution in [1.82, 2.24) is 19.7 Å². The van der Waals surface area contributed by atoms with E-state index in [2.05, 4.69) is 20.4 Å². The summed E-state index contributed by atoms with van der Waals surface area (Å²) >= 11 is 0. The van der Waals surface area contributed by atoms with Gasteiger partial charge in [0, 0.05) is 30.0 Å². The second-order valence-corrected chi connectivity index (χ2v) is 6.46. The predicted octanol–water partition coefficient (Wildman–Crippen LogP) is 3.20. The Hall–Kier alpha value is -3.22. The summed E-state index contributed by atoms with van der Waals surface area (Å²) in [7, 11) is 0. The molecule has 0 saturated carbocycles. The third-order valence-electron chi connectivity index (χ3n) is 3.41. The number of furan rings is 1. The lowest BCUT2D eigenvalue weighted by Crippen LogP contribution is -2.14. The second kappa shape index (κ2) is 6.72. The van der Waals surface area contributed by atoms with Crippen molar-refractivity contribution in [3.63, 3.8) is 0 Å². The molecule has 0 spiro atoms. The van der Waals surface area contributed by atoms with E-state index in [0.717, 1.165) is 5.69 Å². The lowest BCUT2D eigenvalue weighted by Gasteiger charge is -2.13. The van der Waals surface area contributed by atoms with Crippen LogP contribution in [0.3, 0.4) is 0 Å². The molecular formula is C18H19N5O2. The highest BCUT2D eigenvalue weighted by molar-refractivity contribution is 6.01. The van der Waals surface area contributed by atoms with Crippen molar-refractivity contribution in [3.05, 3.63) is 60.5 Å². The number of aromatic nitrogens is 4. The fraction of sp³-hybridized carbons (Fsp3) is 0.222. The van der Waals surface area contributed by atoms with Crippen molar-refractivity contribution in [2.24, 2.45) is 0 Å². The molecule has 3 aromatic heterocycles. The highest BCUT2D eigenvalue weighted by Gasteiger charge is 2.22. The molecule has 0 fully saturated rings. The highest BCUT2D eigenvalue weighted by atomic mass is 16.3. The molecule has 0 saturated heterocycles. The summed E-state index contributed by atoms with van der Waals surface area (Å²) < 4.78 is 6.70. The van der Waals surface area contributed by atoms with Crippen molar-refractivity contribution in [3.8, 4) is 5.95 Å². The zero-order chi connectivity index (χ0) is 17.9. The van der Waals surface area contributed by atoms with Crippen LogP contribution in [0.25, 0.3) is 12.0 Å². The molecule has 3 heterocycles. The van der Waals surface area contributed by atoms with Crippen molar-refractivity contribution >= 4 is 17.8 Å². The van der Waals surface area contributed by atoms with Crippen LogP contribution >= 0.6 is 0 Å². The largest absolute Gasteiger partial charge is 0.465 e. The van der Waals surface area contributed by atoms with Gasteiger partial charge in [-0.25, -0.2) is 9.97 Å². The molecule has 0 aromatic carbocycles. The molecule has 1 amide bonds. The minimum Gasteiger partial charge on any atom is -0.465 e. The third-order valence-corrected chi connectivity index (χ3v) is 3.41. The van der Waals surface area contributed by atoms with Crippen LogP contribution in [0.5, 0.6) is 0 Å². The smallest absolute Gasteiger partial charge is 0.252 e. The van der Waals surface area contributed by atoms with Crippen molar-refractivity contribution in [1.29, 1.82) is 0 Å². The molecule has 128 valence electrons. The number of rotatable bonds is 4. The van der Waals surface area contributed by atoms with Gasteiger partial charge in [0.05, 0.1) is 12.0 Å². The average Bonchev–Trinajstić information content (AvgIpc) is 3.23. The molecule has 7 heteroatoms. The minimum atomic E-state index is -0.297. The molecule has 0 atom stereocenters. The van der Waals surface area contributed by atoms with Gasteiger partial charge in [0.1, 0.15) is 11.6 Å². The van der Waals surface area contributed by atoms with Crippen LogP contribution in [-0.2, 0) is 10.2 Å².